The van der Waals surface area contributed by atoms with E-state index in [1.54, 1.807) is 51.1 Å². The van der Waals surface area contributed by atoms with E-state index in [1.807, 2.05) is 0 Å². The van der Waals surface area contributed by atoms with Gasteiger partial charge >= 0.3 is 0 Å². The molecule has 1 saturated heterocycles. The number of amides is 2. The number of aromatic hydroxyl groups is 1. The van der Waals surface area contributed by atoms with Crippen LogP contribution in [-0.4, -0.2) is 62.7 Å². The fraction of sp³-hybridized carbons (Fsp3) is 0.312. The number of rotatable bonds is 3. The third-order valence-corrected chi connectivity index (χ3v) is 3.91. The molecule has 2 heterocycles. The average Bonchev–Trinajstić information content (AvgIpc) is 3.08. The first kappa shape index (κ1) is 15.1. The van der Waals surface area contributed by atoms with E-state index in [0.29, 0.717) is 31.7 Å². The fourth-order valence-electron chi connectivity index (χ4n) is 2.62. The number of carbonyl (C=O) groups is 2. The van der Waals surface area contributed by atoms with Crippen LogP contribution < -0.4 is 0 Å². The Kier molecular flexibility index (Phi) is 4.27. The molecule has 1 aromatic carbocycles. The van der Waals surface area contributed by atoms with E-state index in [1.165, 1.54) is 6.07 Å². The molecule has 7 nitrogen and oxygen atoms in total. The zero-order chi connectivity index (χ0) is 16.2. The molecule has 2 amide bonds. The van der Waals surface area contributed by atoms with Gasteiger partial charge in [0.25, 0.3) is 5.91 Å². The first-order valence-electron chi connectivity index (χ1n) is 7.47. The maximum Gasteiger partial charge on any atom is 0.257 e. The lowest BCUT2D eigenvalue weighted by atomic mass is 10.1. The largest absolute Gasteiger partial charge is 0.507 e. The van der Waals surface area contributed by atoms with Gasteiger partial charge in [0.2, 0.25) is 5.91 Å². The van der Waals surface area contributed by atoms with E-state index in [4.69, 9.17) is 0 Å². The molecule has 3 rings (SSSR count). The second-order valence-electron chi connectivity index (χ2n) is 5.39. The molecule has 1 aromatic heterocycles. The molecular formula is C16H18N4O3. The van der Waals surface area contributed by atoms with Crippen molar-refractivity contribution in [1.29, 1.82) is 0 Å². The number of carbonyl (C=O) groups excluding carboxylic acids is 2. The molecule has 1 aliphatic heterocycles. The normalized spacial score (nSPS) is 14.8. The number of benzene rings is 1. The minimum Gasteiger partial charge on any atom is -0.507 e. The maximum atomic E-state index is 12.4. The number of hydrogen-bond acceptors (Lipinski definition) is 4. The molecule has 2 aromatic rings. The van der Waals surface area contributed by atoms with Crippen molar-refractivity contribution in [2.24, 2.45) is 0 Å². The van der Waals surface area contributed by atoms with E-state index in [0.717, 1.165) is 0 Å². The van der Waals surface area contributed by atoms with Gasteiger partial charge in [0.15, 0.2) is 0 Å². The third-order valence-electron chi connectivity index (χ3n) is 3.91. The topological polar surface area (TPSA) is 78.7 Å². The van der Waals surface area contributed by atoms with E-state index in [2.05, 4.69) is 5.10 Å². The van der Waals surface area contributed by atoms with Crippen molar-refractivity contribution in [3.8, 4) is 5.75 Å². The monoisotopic (exact) mass is 314 g/mol. The Balaban J connectivity index is 1.57. The first-order chi connectivity index (χ1) is 11.1. The van der Waals surface area contributed by atoms with Crippen LogP contribution in [0, 0.1) is 0 Å². The van der Waals surface area contributed by atoms with Crippen LogP contribution in [0.15, 0.2) is 42.7 Å². The quantitative estimate of drug-likeness (QED) is 0.898. The molecule has 0 unspecified atom stereocenters. The van der Waals surface area contributed by atoms with Crippen LogP contribution in [0.1, 0.15) is 10.4 Å². The lowest BCUT2D eigenvalue weighted by molar-refractivity contribution is -0.133. The summed E-state index contributed by atoms with van der Waals surface area (Å²) in [6.07, 6.45) is 3.38. The second kappa shape index (κ2) is 6.51. The van der Waals surface area contributed by atoms with Gasteiger partial charge in [-0.2, -0.15) is 5.10 Å². The van der Waals surface area contributed by atoms with Crippen molar-refractivity contribution in [1.82, 2.24) is 19.6 Å². The zero-order valence-corrected chi connectivity index (χ0v) is 12.6. The SMILES string of the molecule is O=C(Cn1cccn1)N1CCN(C(=O)c2ccccc2O)CC1. The average molecular weight is 314 g/mol. The molecule has 1 fully saturated rings. The number of hydrogen-bond donors (Lipinski definition) is 1. The van der Waals surface area contributed by atoms with E-state index in [9.17, 15) is 14.7 Å². The lowest BCUT2D eigenvalue weighted by Gasteiger charge is -2.34. The molecule has 120 valence electrons. The summed E-state index contributed by atoms with van der Waals surface area (Å²) in [6.45, 7) is 2.09. The second-order valence-corrected chi connectivity index (χ2v) is 5.39. The van der Waals surface area contributed by atoms with E-state index >= 15 is 0 Å². The number of phenols is 1. The highest BCUT2D eigenvalue weighted by Crippen LogP contribution is 2.18. The van der Waals surface area contributed by atoms with Gasteiger partial charge < -0.3 is 14.9 Å². The van der Waals surface area contributed by atoms with Crippen LogP contribution >= 0.6 is 0 Å². The molecule has 0 radical (unpaired) electrons. The molecule has 0 spiro atoms. The van der Waals surface area contributed by atoms with Gasteiger partial charge in [-0.25, -0.2) is 0 Å². The Morgan fingerprint density at radius 1 is 1.04 bits per heavy atom. The van der Waals surface area contributed by atoms with Crippen LogP contribution in [-0.2, 0) is 11.3 Å². The zero-order valence-electron chi connectivity index (χ0n) is 12.6. The van der Waals surface area contributed by atoms with Crippen LogP contribution in [0.5, 0.6) is 5.75 Å². The van der Waals surface area contributed by atoms with Gasteiger partial charge in [0, 0.05) is 38.6 Å². The van der Waals surface area contributed by atoms with Crippen LogP contribution in [0.3, 0.4) is 0 Å². The third kappa shape index (κ3) is 3.33. The number of aromatic nitrogens is 2. The van der Waals surface area contributed by atoms with E-state index < -0.39 is 0 Å². The Bertz CT molecular complexity index is 691. The summed E-state index contributed by atoms with van der Waals surface area (Å²) < 4.78 is 1.59. The molecule has 23 heavy (non-hydrogen) atoms. The number of phenolic OH excluding ortho intramolecular Hbond substituents is 1. The van der Waals surface area contributed by atoms with Gasteiger partial charge in [-0.15, -0.1) is 0 Å². The summed E-state index contributed by atoms with van der Waals surface area (Å²) in [5, 5.41) is 13.8. The van der Waals surface area contributed by atoms with Crippen molar-refractivity contribution in [3.05, 3.63) is 48.3 Å². The number of piperazine rings is 1. The summed E-state index contributed by atoms with van der Waals surface area (Å²) in [6, 6.07) is 8.27. The van der Waals surface area contributed by atoms with Crippen molar-refractivity contribution in [3.63, 3.8) is 0 Å². The summed E-state index contributed by atoms with van der Waals surface area (Å²) >= 11 is 0. The predicted molar refractivity (Wildman–Crippen MR) is 82.8 cm³/mol. The Labute approximate surface area is 133 Å². The van der Waals surface area contributed by atoms with Crippen molar-refractivity contribution >= 4 is 11.8 Å². The molecule has 0 atom stereocenters. The van der Waals surface area contributed by atoms with Crippen molar-refractivity contribution in [2.75, 3.05) is 26.2 Å². The molecule has 7 heteroatoms. The molecule has 0 saturated carbocycles. The van der Waals surface area contributed by atoms with Crippen molar-refractivity contribution < 1.29 is 14.7 Å². The van der Waals surface area contributed by atoms with Gasteiger partial charge in [-0.05, 0) is 18.2 Å². The highest BCUT2D eigenvalue weighted by Gasteiger charge is 2.26. The summed E-state index contributed by atoms with van der Waals surface area (Å²) in [4.78, 5) is 28.0. The van der Waals surface area contributed by atoms with Gasteiger partial charge in [-0.1, -0.05) is 12.1 Å². The molecule has 0 bridgehead atoms. The predicted octanol–water partition coefficient (Wildman–Crippen LogP) is 0.573. The summed E-state index contributed by atoms with van der Waals surface area (Å²) in [7, 11) is 0. The highest BCUT2D eigenvalue weighted by atomic mass is 16.3. The van der Waals surface area contributed by atoms with Gasteiger partial charge in [-0.3, -0.25) is 14.3 Å². The Morgan fingerprint density at radius 3 is 2.39 bits per heavy atom. The Hall–Kier alpha value is -2.83. The lowest BCUT2D eigenvalue weighted by Crippen LogP contribution is -2.51. The molecule has 1 aliphatic rings. The molecule has 0 aliphatic carbocycles. The standard InChI is InChI=1S/C16H18N4O3/c21-14-5-2-1-4-13(14)16(23)19-10-8-18(9-11-19)15(22)12-20-7-3-6-17-20/h1-7,21H,8-12H2. The van der Waals surface area contributed by atoms with Gasteiger partial charge in [0.1, 0.15) is 12.3 Å². The first-order valence-corrected chi connectivity index (χ1v) is 7.47. The minimum absolute atomic E-state index is 0.0108. The van der Waals surface area contributed by atoms with Crippen LogP contribution in [0.4, 0.5) is 0 Å². The highest BCUT2D eigenvalue weighted by molar-refractivity contribution is 5.97. The smallest absolute Gasteiger partial charge is 0.257 e. The summed E-state index contributed by atoms with van der Waals surface area (Å²) in [5.41, 5.74) is 0.295. The van der Waals surface area contributed by atoms with E-state index in [-0.39, 0.29) is 24.1 Å². The summed E-state index contributed by atoms with van der Waals surface area (Å²) in [5.74, 6) is -0.236. The number of para-hydroxylation sites is 1. The fourth-order valence-corrected chi connectivity index (χ4v) is 2.62. The van der Waals surface area contributed by atoms with Crippen LogP contribution in [0.2, 0.25) is 0 Å². The van der Waals surface area contributed by atoms with Crippen molar-refractivity contribution in [2.45, 2.75) is 6.54 Å². The number of nitrogens with zero attached hydrogens (tertiary/aromatic N) is 4. The molecule has 1 N–H and O–H groups in total. The maximum absolute atomic E-state index is 12.4. The molecular weight excluding hydrogens is 296 g/mol. The van der Waals surface area contributed by atoms with Gasteiger partial charge in [0.05, 0.1) is 5.56 Å². The van der Waals surface area contributed by atoms with Crippen LogP contribution in [0.25, 0.3) is 0 Å². The Morgan fingerprint density at radius 2 is 1.74 bits per heavy atom. The minimum atomic E-state index is -0.206.